The standard InChI is InChI=1S/C19H28N6O2/c1-19(2,3)25-11-10-15(23-25)20-17(26)18(27)21-16-12-14(22-24(16)4)13-8-6-5-7-9-13/h10-13H,5-9H2,1-4H3,(H,21,27)(H,20,23,26). The molecular weight excluding hydrogens is 344 g/mol. The fraction of sp³-hybridized carbons (Fsp3) is 0.579. The average molecular weight is 372 g/mol. The SMILES string of the molecule is Cn1nc(C2CCCCC2)cc1NC(=O)C(=O)Nc1ccn(C(C)(C)C)n1. The highest BCUT2D eigenvalue weighted by molar-refractivity contribution is 6.43. The predicted molar refractivity (Wildman–Crippen MR) is 104 cm³/mol. The van der Waals surface area contributed by atoms with E-state index in [0.29, 0.717) is 17.6 Å². The first-order valence-corrected chi connectivity index (χ1v) is 9.46. The Hall–Kier alpha value is -2.64. The van der Waals surface area contributed by atoms with E-state index < -0.39 is 11.8 Å². The minimum atomic E-state index is -0.755. The Kier molecular flexibility index (Phi) is 5.34. The van der Waals surface area contributed by atoms with Gasteiger partial charge in [-0.15, -0.1) is 0 Å². The number of rotatable bonds is 3. The maximum Gasteiger partial charge on any atom is 0.315 e. The van der Waals surface area contributed by atoms with Crippen LogP contribution in [0, 0.1) is 0 Å². The first-order chi connectivity index (χ1) is 12.7. The van der Waals surface area contributed by atoms with Crippen LogP contribution in [0.15, 0.2) is 18.3 Å². The van der Waals surface area contributed by atoms with Crippen LogP contribution in [0.1, 0.15) is 64.5 Å². The lowest BCUT2D eigenvalue weighted by atomic mass is 9.87. The molecule has 1 fully saturated rings. The molecule has 0 saturated heterocycles. The van der Waals surface area contributed by atoms with Crippen LogP contribution in [0.2, 0.25) is 0 Å². The van der Waals surface area contributed by atoms with Crippen LogP contribution >= 0.6 is 0 Å². The van der Waals surface area contributed by atoms with E-state index in [1.54, 1.807) is 28.7 Å². The van der Waals surface area contributed by atoms with E-state index in [9.17, 15) is 9.59 Å². The summed E-state index contributed by atoms with van der Waals surface area (Å²) in [5, 5.41) is 14.0. The van der Waals surface area contributed by atoms with Crippen molar-refractivity contribution in [3.8, 4) is 0 Å². The molecule has 8 nitrogen and oxygen atoms in total. The van der Waals surface area contributed by atoms with E-state index in [1.165, 1.54) is 19.3 Å². The van der Waals surface area contributed by atoms with Crippen molar-refractivity contribution < 1.29 is 9.59 Å². The second-order valence-corrected chi connectivity index (χ2v) is 8.14. The average Bonchev–Trinajstić information content (AvgIpc) is 3.23. The Bertz CT molecular complexity index is 824. The molecule has 2 aromatic heterocycles. The molecule has 0 spiro atoms. The molecule has 0 bridgehead atoms. The third kappa shape index (κ3) is 4.56. The van der Waals surface area contributed by atoms with Crippen LogP contribution < -0.4 is 10.6 Å². The Morgan fingerprint density at radius 1 is 1.07 bits per heavy atom. The van der Waals surface area contributed by atoms with E-state index in [-0.39, 0.29) is 5.54 Å². The van der Waals surface area contributed by atoms with Crippen molar-refractivity contribution in [1.29, 1.82) is 0 Å². The molecule has 2 aromatic rings. The maximum atomic E-state index is 12.3. The van der Waals surface area contributed by atoms with Crippen LogP contribution in [-0.4, -0.2) is 31.4 Å². The number of carbonyl (C=O) groups excluding carboxylic acids is 2. The summed E-state index contributed by atoms with van der Waals surface area (Å²) < 4.78 is 3.35. The smallest absolute Gasteiger partial charge is 0.303 e. The van der Waals surface area contributed by atoms with Gasteiger partial charge >= 0.3 is 11.8 Å². The van der Waals surface area contributed by atoms with Gasteiger partial charge in [0.25, 0.3) is 0 Å². The third-order valence-electron chi connectivity index (χ3n) is 4.89. The number of hydrogen-bond donors (Lipinski definition) is 2. The van der Waals surface area contributed by atoms with Gasteiger partial charge in [0, 0.05) is 31.3 Å². The lowest BCUT2D eigenvalue weighted by molar-refractivity contribution is -0.133. The predicted octanol–water partition coefficient (Wildman–Crippen LogP) is 3.00. The molecular formula is C19H28N6O2. The number of nitrogens with zero attached hydrogens (tertiary/aromatic N) is 4. The molecule has 1 aliphatic rings. The van der Waals surface area contributed by atoms with Gasteiger partial charge in [0.1, 0.15) is 5.82 Å². The largest absolute Gasteiger partial charge is 0.315 e. The fourth-order valence-electron chi connectivity index (χ4n) is 3.31. The Morgan fingerprint density at radius 3 is 2.37 bits per heavy atom. The molecule has 27 heavy (non-hydrogen) atoms. The number of amides is 2. The zero-order chi connectivity index (χ0) is 19.6. The molecule has 146 valence electrons. The first kappa shape index (κ1) is 19.1. The summed E-state index contributed by atoms with van der Waals surface area (Å²) in [5.41, 5.74) is 0.784. The molecule has 1 saturated carbocycles. The van der Waals surface area contributed by atoms with E-state index in [1.807, 2.05) is 26.8 Å². The van der Waals surface area contributed by atoms with Crippen molar-refractivity contribution in [3.05, 3.63) is 24.0 Å². The van der Waals surface area contributed by atoms with E-state index >= 15 is 0 Å². The molecule has 2 N–H and O–H groups in total. The fourth-order valence-corrected chi connectivity index (χ4v) is 3.31. The first-order valence-electron chi connectivity index (χ1n) is 9.46. The summed E-state index contributed by atoms with van der Waals surface area (Å²) in [6.07, 6.45) is 7.73. The van der Waals surface area contributed by atoms with E-state index in [4.69, 9.17) is 0 Å². The lowest BCUT2D eigenvalue weighted by Crippen LogP contribution is -2.30. The molecule has 0 atom stereocenters. The number of anilines is 2. The van der Waals surface area contributed by atoms with Gasteiger partial charge in [-0.25, -0.2) is 0 Å². The van der Waals surface area contributed by atoms with Crippen molar-refractivity contribution in [3.63, 3.8) is 0 Å². The summed E-state index contributed by atoms with van der Waals surface area (Å²) in [4.78, 5) is 24.5. The Morgan fingerprint density at radius 2 is 1.74 bits per heavy atom. The molecule has 1 aliphatic carbocycles. The van der Waals surface area contributed by atoms with E-state index in [0.717, 1.165) is 18.5 Å². The summed E-state index contributed by atoms with van der Waals surface area (Å²) in [7, 11) is 1.77. The van der Waals surface area contributed by atoms with Gasteiger partial charge in [0.2, 0.25) is 0 Å². The zero-order valence-corrected chi connectivity index (χ0v) is 16.5. The van der Waals surface area contributed by atoms with Gasteiger partial charge < -0.3 is 10.6 Å². The minimum absolute atomic E-state index is 0.199. The quantitative estimate of drug-likeness (QED) is 0.810. The van der Waals surface area contributed by atoms with Crippen LogP contribution in [0.25, 0.3) is 0 Å². The number of aromatic nitrogens is 4. The summed E-state index contributed by atoms with van der Waals surface area (Å²) in [5.74, 6) is -0.187. The number of aryl methyl sites for hydroxylation is 1. The van der Waals surface area contributed by atoms with Crippen molar-refractivity contribution in [2.45, 2.75) is 64.3 Å². The highest BCUT2D eigenvalue weighted by Crippen LogP contribution is 2.32. The minimum Gasteiger partial charge on any atom is -0.303 e. The number of hydrogen-bond acceptors (Lipinski definition) is 4. The highest BCUT2D eigenvalue weighted by Gasteiger charge is 2.22. The van der Waals surface area contributed by atoms with Crippen LogP contribution in [-0.2, 0) is 22.2 Å². The molecule has 0 unspecified atom stereocenters. The molecule has 2 amide bonds. The van der Waals surface area contributed by atoms with Crippen molar-refractivity contribution in [2.75, 3.05) is 10.6 Å². The third-order valence-corrected chi connectivity index (χ3v) is 4.89. The summed E-state index contributed by atoms with van der Waals surface area (Å²) >= 11 is 0. The summed E-state index contributed by atoms with van der Waals surface area (Å²) in [6.45, 7) is 6.01. The molecule has 0 aliphatic heterocycles. The second-order valence-electron chi connectivity index (χ2n) is 8.14. The maximum absolute atomic E-state index is 12.3. The van der Waals surface area contributed by atoms with Crippen LogP contribution in [0.3, 0.4) is 0 Å². The van der Waals surface area contributed by atoms with Gasteiger partial charge in [-0.1, -0.05) is 19.3 Å². The lowest BCUT2D eigenvalue weighted by Gasteiger charge is -2.19. The summed E-state index contributed by atoms with van der Waals surface area (Å²) in [6, 6.07) is 3.54. The van der Waals surface area contributed by atoms with Gasteiger partial charge in [-0.3, -0.25) is 19.0 Å². The number of nitrogens with one attached hydrogen (secondary N) is 2. The molecule has 2 heterocycles. The van der Waals surface area contributed by atoms with Gasteiger partial charge in [0.15, 0.2) is 5.82 Å². The van der Waals surface area contributed by atoms with Gasteiger partial charge in [0.05, 0.1) is 11.2 Å². The zero-order valence-electron chi connectivity index (χ0n) is 16.5. The topological polar surface area (TPSA) is 93.8 Å². The number of carbonyl (C=O) groups is 2. The van der Waals surface area contributed by atoms with E-state index in [2.05, 4.69) is 20.8 Å². The molecule has 0 radical (unpaired) electrons. The Labute approximate surface area is 159 Å². The van der Waals surface area contributed by atoms with Crippen molar-refractivity contribution in [2.24, 2.45) is 7.05 Å². The molecule has 8 heteroatoms. The normalized spacial score (nSPS) is 15.6. The van der Waals surface area contributed by atoms with Crippen LogP contribution in [0.4, 0.5) is 11.6 Å². The molecule has 3 rings (SSSR count). The van der Waals surface area contributed by atoms with Crippen molar-refractivity contribution >= 4 is 23.5 Å². The van der Waals surface area contributed by atoms with Crippen LogP contribution in [0.5, 0.6) is 0 Å². The Balaban J connectivity index is 1.62. The second kappa shape index (κ2) is 7.54. The molecule has 0 aromatic carbocycles. The van der Waals surface area contributed by atoms with Gasteiger partial charge in [-0.05, 0) is 33.6 Å². The highest BCUT2D eigenvalue weighted by atomic mass is 16.2. The monoisotopic (exact) mass is 372 g/mol. The van der Waals surface area contributed by atoms with Gasteiger partial charge in [-0.2, -0.15) is 10.2 Å². The van der Waals surface area contributed by atoms with Crippen molar-refractivity contribution in [1.82, 2.24) is 19.6 Å².